The van der Waals surface area contributed by atoms with Crippen LogP contribution >= 0.6 is 11.6 Å². The molecule has 0 spiro atoms. The maximum atomic E-state index is 12.4. The summed E-state index contributed by atoms with van der Waals surface area (Å²) in [5.74, 6) is 0.0585. The number of nitrogens with zero attached hydrogens (tertiary/aromatic N) is 2. The van der Waals surface area contributed by atoms with Gasteiger partial charge in [-0.25, -0.2) is 8.42 Å². The first-order chi connectivity index (χ1) is 15.8. The Bertz CT molecular complexity index is 1100. The largest absolute Gasteiger partial charge is 0.497 e. The lowest BCUT2D eigenvalue weighted by atomic mass is 10.1. The van der Waals surface area contributed by atoms with Crippen LogP contribution in [-0.2, 0) is 26.1 Å². The van der Waals surface area contributed by atoms with Gasteiger partial charge in [0.15, 0.2) is 6.29 Å². The number of carbonyl (C=O) groups is 2. The van der Waals surface area contributed by atoms with Crippen LogP contribution in [0.2, 0.25) is 5.02 Å². The zero-order valence-corrected chi connectivity index (χ0v) is 21.6. The minimum Gasteiger partial charge on any atom is -0.497 e. The molecule has 0 atom stereocenters. The number of hydrogen-bond acceptors (Lipinski definition) is 7. The normalized spacial score (nSPS) is 11.9. The van der Waals surface area contributed by atoms with E-state index in [4.69, 9.17) is 21.1 Å². The Morgan fingerprint density at radius 2 is 1.74 bits per heavy atom. The maximum Gasteiger partial charge on any atom is 0.321 e. The molecule has 0 saturated heterocycles. The number of aldehydes is 1. The van der Waals surface area contributed by atoms with Crippen molar-refractivity contribution in [2.45, 2.75) is 32.9 Å². The lowest BCUT2D eigenvalue weighted by Gasteiger charge is -2.29. The van der Waals surface area contributed by atoms with Gasteiger partial charge in [-0.2, -0.15) is 4.31 Å². The molecule has 0 saturated carbocycles. The van der Waals surface area contributed by atoms with Gasteiger partial charge in [0.2, 0.25) is 10.0 Å². The Hall–Kier alpha value is -2.62. The molecule has 0 bridgehead atoms. The number of halogens is 1. The molecule has 0 N–H and O–H groups in total. The van der Waals surface area contributed by atoms with Gasteiger partial charge in [0, 0.05) is 35.9 Å². The molecule has 2 rings (SSSR count). The van der Waals surface area contributed by atoms with Crippen molar-refractivity contribution in [1.82, 2.24) is 4.31 Å². The quantitative estimate of drug-likeness (QED) is 0.335. The second kappa shape index (κ2) is 11.7. The number of hydrogen-bond donors (Lipinski definition) is 0. The predicted molar refractivity (Wildman–Crippen MR) is 133 cm³/mol. The summed E-state index contributed by atoms with van der Waals surface area (Å²) in [5.41, 5.74) is 1.15. The molecular weight excluding hydrogens is 480 g/mol. The molecule has 0 fully saturated rings. The summed E-state index contributed by atoms with van der Waals surface area (Å²) >= 11 is 6.20. The first kappa shape index (κ1) is 27.6. The van der Waals surface area contributed by atoms with Crippen LogP contribution in [0.3, 0.4) is 0 Å². The zero-order valence-electron chi connectivity index (χ0n) is 20.1. The number of rotatable bonds is 11. The number of esters is 1. The van der Waals surface area contributed by atoms with Crippen LogP contribution in [0.4, 0.5) is 5.69 Å². The maximum absolute atomic E-state index is 12.4. The molecular formula is C24H31ClN2O6S. The van der Waals surface area contributed by atoms with Crippen molar-refractivity contribution in [2.75, 3.05) is 37.9 Å². The predicted octanol–water partition coefficient (Wildman–Crippen LogP) is 3.77. The highest BCUT2D eigenvalue weighted by atomic mass is 35.5. The van der Waals surface area contributed by atoms with E-state index in [9.17, 15) is 18.0 Å². The molecule has 0 aliphatic heterocycles. The molecule has 8 nitrogen and oxygen atoms in total. The van der Waals surface area contributed by atoms with Gasteiger partial charge in [0.1, 0.15) is 17.9 Å². The Labute approximate surface area is 206 Å². The van der Waals surface area contributed by atoms with E-state index in [0.29, 0.717) is 28.6 Å². The minimum atomic E-state index is -3.71. The average molecular weight is 511 g/mol. The summed E-state index contributed by atoms with van der Waals surface area (Å²) in [6.45, 7) is 5.30. The van der Waals surface area contributed by atoms with E-state index in [1.54, 1.807) is 46.1 Å². The third kappa shape index (κ3) is 8.62. The van der Waals surface area contributed by atoms with Crippen molar-refractivity contribution >= 4 is 39.6 Å². The third-order valence-electron chi connectivity index (χ3n) is 4.81. The molecule has 0 heterocycles. The van der Waals surface area contributed by atoms with E-state index >= 15 is 0 Å². The Morgan fingerprint density at radius 1 is 1.09 bits per heavy atom. The van der Waals surface area contributed by atoms with Crippen molar-refractivity contribution in [3.8, 4) is 5.75 Å². The molecule has 0 amide bonds. The number of ether oxygens (including phenoxy) is 2. The van der Waals surface area contributed by atoms with Crippen LogP contribution in [-0.4, -0.2) is 63.6 Å². The van der Waals surface area contributed by atoms with Gasteiger partial charge in [0.25, 0.3) is 0 Å². The van der Waals surface area contributed by atoms with Crippen LogP contribution in [0.1, 0.15) is 36.7 Å². The van der Waals surface area contributed by atoms with Gasteiger partial charge in [-0.3, -0.25) is 9.59 Å². The second-order valence-corrected chi connectivity index (χ2v) is 11.2. The van der Waals surface area contributed by atoms with E-state index < -0.39 is 28.1 Å². The van der Waals surface area contributed by atoms with Crippen molar-refractivity contribution in [1.29, 1.82) is 0 Å². The molecule has 186 valence electrons. The van der Waals surface area contributed by atoms with Gasteiger partial charge in [-0.1, -0.05) is 23.7 Å². The summed E-state index contributed by atoms with van der Waals surface area (Å²) in [7, 11) is -2.13. The number of benzene rings is 2. The van der Waals surface area contributed by atoms with Crippen LogP contribution in [0.25, 0.3) is 0 Å². The minimum absolute atomic E-state index is 0.000951. The number of carbonyl (C=O) groups excluding carboxylic acids is 2. The van der Waals surface area contributed by atoms with Gasteiger partial charge < -0.3 is 14.4 Å². The topological polar surface area (TPSA) is 93.2 Å². The zero-order chi connectivity index (χ0) is 25.5. The molecule has 0 aliphatic rings. The average Bonchev–Trinajstić information content (AvgIpc) is 2.74. The van der Waals surface area contributed by atoms with Gasteiger partial charge in [0.05, 0.1) is 13.4 Å². The van der Waals surface area contributed by atoms with E-state index in [1.807, 2.05) is 29.2 Å². The van der Waals surface area contributed by atoms with Crippen molar-refractivity contribution in [2.24, 2.45) is 0 Å². The van der Waals surface area contributed by atoms with Crippen molar-refractivity contribution in [3.63, 3.8) is 0 Å². The Morgan fingerprint density at radius 3 is 2.26 bits per heavy atom. The van der Waals surface area contributed by atoms with Crippen LogP contribution in [0.5, 0.6) is 5.75 Å². The van der Waals surface area contributed by atoms with E-state index in [0.717, 1.165) is 22.4 Å². The smallest absolute Gasteiger partial charge is 0.321 e. The number of methoxy groups -OCH3 is 1. The highest BCUT2D eigenvalue weighted by molar-refractivity contribution is 7.88. The van der Waals surface area contributed by atoms with Crippen LogP contribution < -0.4 is 9.64 Å². The van der Waals surface area contributed by atoms with Gasteiger partial charge in [-0.05, 0) is 56.7 Å². The first-order valence-electron chi connectivity index (χ1n) is 10.6. The number of sulfonamides is 1. The lowest BCUT2D eigenvalue weighted by Crippen LogP contribution is -2.42. The molecule has 2 aromatic carbocycles. The van der Waals surface area contributed by atoms with Gasteiger partial charge in [-0.15, -0.1) is 0 Å². The molecule has 34 heavy (non-hydrogen) atoms. The molecule has 2 aromatic rings. The highest BCUT2D eigenvalue weighted by Crippen LogP contribution is 2.26. The Balaban J connectivity index is 2.33. The summed E-state index contributed by atoms with van der Waals surface area (Å²) in [4.78, 5) is 25.9. The van der Waals surface area contributed by atoms with E-state index in [-0.39, 0.29) is 13.1 Å². The SMILES string of the molecule is COc1ccc(CN(CCN(CC(=O)OC(C)(C)C)S(C)(=O)=O)c2cc(Cl)ccc2C=O)cc1. The fourth-order valence-electron chi connectivity index (χ4n) is 3.24. The van der Waals surface area contributed by atoms with Crippen molar-refractivity contribution < 1.29 is 27.5 Å². The fourth-order valence-corrected chi connectivity index (χ4v) is 4.16. The standard InChI is InChI=1S/C24H31ClN2O6S/c1-24(2,3)33-23(29)16-27(34(5,30)31)13-12-26(15-18-6-10-21(32-4)11-7-18)22-14-20(25)9-8-19(22)17-28/h6-11,14,17H,12-13,15-16H2,1-5H3. The van der Waals surface area contributed by atoms with Crippen LogP contribution in [0.15, 0.2) is 42.5 Å². The summed E-state index contributed by atoms with van der Waals surface area (Å²) in [5, 5.41) is 0.439. The monoisotopic (exact) mass is 510 g/mol. The van der Waals surface area contributed by atoms with Crippen molar-refractivity contribution in [3.05, 3.63) is 58.6 Å². The summed E-state index contributed by atoms with van der Waals surface area (Å²) < 4.78 is 36.3. The highest BCUT2D eigenvalue weighted by Gasteiger charge is 2.25. The fraction of sp³-hybridized carbons (Fsp3) is 0.417. The molecule has 0 aromatic heterocycles. The van der Waals surface area contributed by atoms with Crippen LogP contribution in [0, 0.1) is 0 Å². The molecule has 0 radical (unpaired) electrons. The lowest BCUT2D eigenvalue weighted by molar-refractivity contribution is -0.154. The summed E-state index contributed by atoms with van der Waals surface area (Å²) in [6.07, 6.45) is 1.77. The molecule has 0 aliphatic carbocycles. The second-order valence-electron chi connectivity index (χ2n) is 8.77. The molecule has 10 heteroatoms. The summed E-state index contributed by atoms with van der Waals surface area (Å²) in [6, 6.07) is 12.3. The first-order valence-corrected chi connectivity index (χ1v) is 12.8. The Kier molecular flexibility index (Phi) is 9.49. The number of anilines is 1. The van der Waals surface area contributed by atoms with Gasteiger partial charge >= 0.3 is 5.97 Å². The van der Waals surface area contributed by atoms with E-state index in [1.165, 1.54) is 0 Å². The molecule has 0 unspecified atom stereocenters. The van der Waals surface area contributed by atoms with E-state index in [2.05, 4.69) is 0 Å². The third-order valence-corrected chi connectivity index (χ3v) is 6.29.